The highest BCUT2D eigenvalue weighted by molar-refractivity contribution is 5.79. The van der Waals surface area contributed by atoms with Crippen LogP contribution in [-0.4, -0.2) is 18.2 Å². The molecule has 0 saturated heterocycles. The van der Waals surface area contributed by atoms with Gasteiger partial charge in [-0.15, -0.1) is 0 Å². The number of rotatable bonds is 4. The van der Waals surface area contributed by atoms with E-state index in [1.807, 2.05) is 12.1 Å². The molecule has 0 spiro atoms. The molecule has 0 radical (unpaired) electrons. The van der Waals surface area contributed by atoms with Gasteiger partial charge in [0.05, 0.1) is 10.6 Å². The van der Waals surface area contributed by atoms with Gasteiger partial charge in [-0.25, -0.2) is 0 Å². The molecule has 0 amide bonds. The number of anilines is 2. The predicted octanol–water partition coefficient (Wildman–Crippen LogP) is 4.30. The molecule has 1 N–H and O–H groups in total. The Balaban J connectivity index is 1.74. The van der Waals surface area contributed by atoms with E-state index in [1.165, 1.54) is 23.4 Å². The van der Waals surface area contributed by atoms with E-state index in [0.29, 0.717) is 5.69 Å². The monoisotopic (exact) mass is 336 g/mol. The summed E-state index contributed by atoms with van der Waals surface area (Å²) in [5, 5.41) is 14.8. The van der Waals surface area contributed by atoms with Crippen LogP contribution in [0.1, 0.15) is 19.4 Å². The highest BCUT2D eigenvalue weighted by Crippen LogP contribution is 2.46. The van der Waals surface area contributed by atoms with Crippen molar-refractivity contribution in [2.75, 3.05) is 17.4 Å². The van der Waals surface area contributed by atoms with Gasteiger partial charge in [0, 0.05) is 42.2 Å². The van der Waals surface area contributed by atoms with Crippen molar-refractivity contribution >= 4 is 23.3 Å². The summed E-state index contributed by atoms with van der Waals surface area (Å²) in [6.07, 6.45) is 3.69. The third kappa shape index (κ3) is 3.10. The number of hydrazone groups is 1. The number of para-hydroxylation sites is 1. The lowest BCUT2D eigenvalue weighted by molar-refractivity contribution is -0.384. The summed E-state index contributed by atoms with van der Waals surface area (Å²) in [7, 11) is 2.05. The zero-order valence-electron chi connectivity index (χ0n) is 14.4. The fourth-order valence-electron chi connectivity index (χ4n) is 3.18. The van der Waals surface area contributed by atoms with Crippen molar-refractivity contribution in [3.05, 3.63) is 76.0 Å². The van der Waals surface area contributed by atoms with Gasteiger partial charge >= 0.3 is 0 Å². The van der Waals surface area contributed by atoms with Gasteiger partial charge in [0.2, 0.25) is 0 Å². The van der Waals surface area contributed by atoms with Crippen LogP contribution in [0.4, 0.5) is 17.1 Å². The van der Waals surface area contributed by atoms with Gasteiger partial charge in [-0.3, -0.25) is 15.5 Å². The summed E-state index contributed by atoms with van der Waals surface area (Å²) in [6, 6.07) is 14.5. The first kappa shape index (κ1) is 16.7. The van der Waals surface area contributed by atoms with Gasteiger partial charge in [0.15, 0.2) is 0 Å². The average Bonchev–Trinajstić information content (AvgIpc) is 2.79. The maximum atomic E-state index is 10.6. The van der Waals surface area contributed by atoms with Crippen molar-refractivity contribution in [2.24, 2.45) is 5.10 Å². The van der Waals surface area contributed by atoms with Gasteiger partial charge in [0.1, 0.15) is 0 Å². The molecular weight excluding hydrogens is 316 g/mol. The number of nitro benzene ring substituents is 1. The molecule has 0 atom stereocenters. The van der Waals surface area contributed by atoms with Crippen LogP contribution in [-0.2, 0) is 5.41 Å². The quantitative estimate of drug-likeness (QED) is 0.513. The first-order chi connectivity index (χ1) is 11.9. The van der Waals surface area contributed by atoms with Crippen LogP contribution < -0.4 is 10.3 Å². The lowest BCUT2D eigenvalue weighted by Gasteiger charge is -2.23. The maximum absolute atomic E-state index is 10.6. The van der Waals surface area contributed by atoms with Gasteiger partial charge in [-0.05, 0) is 29.8 Å². The SMILES string of the molecule is CN1/C(=C\C=N\Nc2ccc([N+](=O)[O-])cc2)C(C)(C)c2ccccc21. The Morgan fingerprint density at radius 2 is 1.84 bits per heavy atom. The molecule has 1 heterocycles. The predicted molar refractivity (Wildman–Crippen MR) is 101 cm³/mol. The number of likely N-dealkylation sites (N-methyl/N-ethyl adjacent to an activating group) is 1. The van der Waals surface area contributed by atoms with Crippen molar-refractivity contribution in [1.82, 2.24) is 0 Å². The minimum absolute atomic E-state index is 0.0590. The Kier molecular flexibility index (Phi) is 4.27. The molecule has 0 aromatic heterocycles. The largest absolute Gasteiger partial charge is 0.347 e. The van der Waals surface area contributed by atoms with Crippen LogP contribution in [0.3, 0.4) is 0 Å². The summed E-state index contributed by atoms with van der Waals surface area (Å²) in [5.74, 6) is 0. The molecule has 6 heteroatoms. The zero-order chi connectivity index (χ0) is 18.0. The Bertz CT molecular complexity index is 854. The normalized spacial score (nSPS) is 17.1. The van der Waals surface area contributed by atoms with Crippen LogP contribution in [0.5, 0.6) is 0 Å². The Morgan fingerprint density at radius 3 is 2.48 bits per heavy atom. The summed E-state index contributed by atoms with van der Waals surface area (Å²) in [5.41, 5.74) is 7.20. The molecule has 6 nitrogen and oxygen atoms in total. The van der Waals surface area contributed by atoms with Crippen LogP contribution in [0.15, 0.2) is 65.4 Å². The lowest BCUT2D eigenvalue weighted by atomic mass is 9.84. The summed E-state index contributed by atoms with van der Waals surface area (Å²) >= 11 is 0. The van der Waals surface area contributed by atoms with Gasteiger partial charge < -0.3 is 4.90 Å². The fourth-order valence-corrected chi connectivity index (χ4v) is 3.18. The number of allylic oxidation sites excluding steroid dienone is 2. The highest BCUT2D eigenvalue weighted by Gasteiger charge is 2.37. The molecule has 128 valence electrons. The topological polar surface area (TPSA) is 70.8 Å². The number of nitro groups is 1. The number of benzene rings is 2. The summed E-state index contributed by atoms with van der Waals surface area (Å²) < 4.78 is 0. The van der Waals surface area contributed by atoms with Crippen molar-refractivity contribution in [2.45, 2.75) is 19.3 Å². The van der Waals surface area contributed by atoms with Crippen molar-refractivity contribution in [1.29, 1.82) is 0 Å². The van der Waals surface area contributed by atoms with E-state index >= 15 is 0 Å². The van der Waals surface area contributed by atoms with Gasteiger partial charge in [-0.1, -0.05) is 32.0 Å². The second-order valence-corrected chi connectivity index (χ2v) is 6.45. The number of non-ortho nitro benzene ring substituents is 1. The zero-order valence-corrected chi connectivity index (χ0v) is 14.4. The number of hydrogen-bond donors (Lipinski definition) is 1. The average molecular weight is 336 g/mol. The second-order valence-electron chi connectivity index (χ2n) is 6.45. The number of hydrogen-bond acceptors (Lipinski definition) is 5. The van der Waals surface area contributed by atoms with Crippen LogP contribution in [0, 0.1) is 10.1 Å². The Labute approximate surface area is 146 Å². The lowest BCUT2D eigenvalue weighted by Crippen LogP contribution is -2.23. The molecule has 0 saturated carbocycles. The van der Waals surface area contributed by atoms with Crippen molar-refractivity contribution < 1.29 is 4.92 Å². The third-order valence-corrected chi connectivity index (χ3v) is 4.52. The van der Waals surface area contributed by atoms with Crippen molar-refractivity contribution in [3.63, 3.8) is 0 Å². The first-order valence-corrected chi connectivity index (χ1v) is 7.99. The Morgan fingerprint density at radius 1 is 1.16 bits per heavy atom. The number of nitrogens with one attached hydrogen (secondary N) is 1. The van der Waals surface area contributed by atoms with E-state index in [2.05, 4.69) is 54.5 Å². The molecule has 3 rings (SSSR count). The minimum Gasteiger partial charge on any atom is -0.347 e. The van der Waals surface area contributed by atoms with Crippen LogP contribution >= 0.6 is 0 Å². The second kappa shape index (κ2) is 6.39. The van der Waals surface area contributed by atoms with E-state index in [0.717, 1.165) is 5.70 Å². The molecule has 0 fully saturated rings. The Hall–Kier alpha value is -3.15. The highest BCUT2D eigenvalue weighted by atomic mass is 16.6. The molecule has 2 aromatic carbocycles. The van der Waals surface area contributed by atoms with E-state index in [1.54, 1.807) is 18.3 Å². The van der Waals surface area contributed by atoms with Crippen LogP contribution in [0.2, 0.25) is 0 Å². The summed E-state index contributed by atoms with van der Waals surface area (Å²) in [4.78, 5) is 12.4. The molecule has 0 unspecified atom stereocenters. The standard InChI is InChI=1S/C19H20N4O2/c1-19(2)16-6-4-5-7-17(16)22(3)18(19)12-13-20-21-14-8-10-15(11-9-14)23(24)25/h4-13,21H,1-3H3/b18-12-,20-13+. The minimum atomic E-state index is -0.423. The molecule has 0 bridgehead atoms. The molecular formula is C19H20N4O2. The van der Waals surface area contributed by atoms with E-state index in [4.69, 9.17) is 0 Å². The smallest absolute Gasteiger partial charge is 0.269 e. The third-order valence-electron chi connectivity index (χ3n) is 4.52. The van der Waals surface area contributed by atoms with Crippen molar-refractivity contribution in [3.8, 4) is 0 Å². The molecule has 2 aromatic rings. The fraction of sp³-hybridized carbons (Fsp3) is 0.211. The van der Waals surface area contributed by atoms with Gasteiger partial charge in [0.25, 0.3) is 5.69 Å². The molecule has 0 aliphatic carbocycles. The molecule has 1 aliphatic rings. The summed E-state index contributed by atoms with van der Waals surface area (Å²) in [6.45, 7) is 4.39. The van der Waals surface area contributed by atoms with Crippen LogP contribution in [0.25, 0.3) is 0 Å². The number of fused-ring (bicyclic) bond motifs is 1. The maximum Gasteiger partial charge on any atom is 0.269 e. The molecule has 1 aliphatic heterocycles. The number of nitrogens with zero attached hydrogens (tertiary/aromatic N) is 3. The van der Waals surface area contributed by atoms with Gasteiger partial charge in [-0.2, -0.15) is 5.10 Å². The van der Waals surface area contributed by atoms with E-state index < -0.39 is 4.92 Å². The van der Waals surface area contributed by atoms with E-state index in [-0.39, 0.29) is 11.1 Å². The van der Waals surface area contributed by atoms with E-state index in [9.17, 15) is 10.1 Å². The first-order valence-electron chi connectivity index (χ1n) is 7.99. The molecule has 25 heavy (non-hydrogen) atoms.